The van der Waals surface area contributed by atoms with Gasteiger partial charge in [0.05, 0.1) is 34.9 Å². The number of hydrogen-bond donors (Lipinski definition) is 0. The second kappa shape index (κ2) is 12.2. The zero-order valence-electron chi connectivity index (χ0n) is 23.2. The highest BCUT2D eigenvalue weighted by atomic mass is 14.4. The largest absolute Gasteiger partial charge is 0.192 e. The zero-order valence-corrected chi connectivity index (χ0v) is 23.2. The average molecular weight is 476 g/mol. The molecule has 3 nitrogen and oxygen atoms in total. The molecule has 2 atom stereocenters. The minimum atomic E-state index is -0.130. The summed E-state index contributed by atoms with van der Waals surface area (Å²) in [5, 5.41) is 30.0. The smallest absolute Gasteiger partial charge is 0.0997 e. The maximum Gasteiger partial charge on any atom is 0.0997 e. The Kier molecular flexibility index (Phi) is 9.61. The molecule has 2 unspecified atom stereocenters. The summed E-state index contributed by atoms with van der Waals surface area (Å²) in [5.41, 5.74) is 11.3. The van der Waals surface area contributed by atoms with Gasteiger partial charge in [-0.25, -0.2) is 0 Å². The summed E-state index contributed by atoms with van der Waals surface area (Å²) in [6.07, 6.45) is 0.779. The number of fused-ring (bicyclic) bond motifs is 2. The SMILES string of the molecule is CC.CC.CCc1ccc2c(c1C#N)C(C)c1c(ccc(C)c1C#N)C2c1ccc(C)c(C#N)c1C. The summed E-state index contributed by atoms with van der Waals surface area (Å²) in [6.45, 7) is 18.1. The molecule has 0 saturated heterocycles. The Morgan fingerprint density at radius 3 is 1.58 bits per heavy atom. The Morgan fingerprint density at radius 2 is 1.08 bits per heavy atom. The molecule has 0 saturated carbocycles. The van der Waals surface area contributed by atoms with E-state index in [1.165, 1.54) is 0 Å². The third-order valence-corrected chi connectivity index (χ3v) is 7.08. The van der Waals surface area contributed by atoms with E-state index >= 15 is 0 Å². The molecule has 36 heavy (non-hydrogen) atoms. The number of rotatable bonds is 2. The quantitative estimate of drug-likeness (QED) is 0.373. The summed E-state index contributed by atoms with van der Waals surface area (Å²) in [4.78, 5) is 0. The molecule has 0 heterocycles. The molecule has 0 fully saturated rings. The van der Waals surface area contributed by atoms with Crippen LogP contribution in [0.15, 0.2) is 36.4 Å². The van der Waals surface area contributed by atoms with Gasteiger partial charge in [0.15, 0.2) is 0 Å². The van der Waals surface area contributed by atoms with Gasteiger partial charge >= 0.3 is 0 Å². The molecule has 0 radical (unpaired) electrons. The Morgan fingerprint density at radius 1 is 0.639 bits per heavy atom. The molecule has 0 N–H and O–H groups in total. The first-order valence-corrected chi connectivity index (χ1v) is 13.0. The van der Waals surface area contributed by atoms with E-state index in [4.69, 9.17) is 0 Å². The van der Waals surface area contributed by atoms with Crippen LogP contribution >= 0.6 is 0 Å². The molecule has 0 aromatic heterocycles. The van der Waals surface area contributed by atoms with Crippen molar-refractivity contribution in [3.63, 3.8) is 0 Å². The standard InChI is InChI=1S/C29H25N3.2C2H6/c1-6-20-9-12-23-28(26(20)15-32)19(5)27-22(11-8-17(3)25(27)14-31)29(23)21-10-7-16(2)24(13-30)18(21)4;2*1-2/h7-12,19,29H,6H2,1-5H3;2*1-2H3. The van der Waals surface area contributed by atoms with Crippen LogP contribution in [0, 0.1) is 54.8 Å². The van der Waals surface area contributed by atoms with Crippen molar-refractivity contribution in [1.29, 1.82) is 15.8 Å². The van der Waals surface area contributed by atoms with Crippen molar-refractivity contribution < 1.29 is 0 Å². The van der Waals surface area contributed by atoms with Gasteiger partial charge in [0.25, 0.3) is 0 Å². The van der Waals surface area contributed by atoms with Crippen LogP contribution in [-0.4, -0.2) is 0 Å². The van der Waals surface area contributed by atoms with Gasteiger partial charge in [0.1, 0.15) is 0 Å². The van der Waals surface area contributed by atoms with Crippen LogP contribution in [-0.2, 0) is 6.42 Å². The summed E-state index contributed by atoms with van der Waals surface area (Å²) in [6, 6.07) is 19.7. The summed E-state index contributed by atoms with van der Waals surface area (Å²) in [7, 11) is 0. The van der Waals surface area contributed by atoms with Crippen molar-refractivity contribution in [2.24, 2.45) is 0 Å². The maximum absolute atomic E-state index is 10.1. The Balaban J connectivity index is 0.00000109. The van der Waals surface area contributed by atoms with Crippen molar-refractivity contribution in [3.8, 4) is 18.2 Å². The molecule has 0 bridgehead atoms. The zero-order chi connectivity index (χ0) is 27.2. The van der Waals surface area contributed by atoms with Crippen LogP contribution in [0.4, 0.5) is 0 Å². The van der Waals surface area contributed by atoms with Gasteiger partial charge in [-0.1, -0.05) is 77.9 Å². The van der Waals surface area contributed by atoms with Gasteiger partial charge in [-0.15, -0.1) is 0 Å². The first-order valence-electron chi connectivity index (χ1n) is 13.0. The number of benzene rings is 3. The molecule has 0 aliphatic heterocycles. The first-order chi connectivity index (χ1) is 17.4. The minimum absolute atomic E-state index is 0.0619. The first kappa shape index (κ1) is 28.4. The number of hydrogen-bond acceptors (Lipinski definition) is 3. The van der Waals surface area contributed by atoms with Crippen LogP contribution in [0.5, 0.6) is 0 Å². The van der Waals surface area contributed by atoms with Crippen molar-refractivity contribution in [1.82, 2.24) is 0 Å². The average Bonchev–Trinajstić information content (AvgIpc) is 2.91. The third-order valence-electron chi connectivity index (χ3n) is 7.08. The van der Waals surface area contributed by atoms with Crippen LogP contribution < -0.4 is 0 Å². The number of nitrogens with zero attached hydrogens (tertiary/aromatic N) is 3. The molecule has 1 aliphatic carbocycles. The van der Waals surface area contributed by atoms with Crippen molar-refractivity contribution in [2.45, 2.75) is 80.6 Å². The van der Waals surface area contributed by atoms with Crippen LogP contribution in [0.1, 0.15) is 120 Å². The highest BCUT2D eigenvalue weighted by Gasteiger charge is 2.36. The lowest BCUT2D eigenvalue weighted by Crippen LogP contribution is -2.22. The number of aryl methyl sites for hydroxylation is 3. The van der Waals surface area contributed by atoms with E-state index in [-0.39, 0.29) is 11.8 Å². The van der Waals surface area contributed by atoms with E-state index in [1.807, 2.05) is 60.6 Å². The van der Waals surface area contributed by atoms with E-state index in [2.05, 4.69) is 56.3 Å². The van der Waals surface area contributed by atoms with Crippen molar-refractivity contribution in [2.75, 3.05) is 0 Å². The molecule has 0 amide bonds. The molecule has 184 valence electrons. The minimum Gasteiger partial charge on any atom is -0.192 e. The summed E-state index contributed by atoms with van der Waals surface area (Å²) in [5.74, 6) is -0.192. The normalized spacial score (nSPS) is 14.8. The molecule has 1 aliphatic rings. The molecule has 3 heteroatoms. The monoisotopic (exact) mass is 475 g/mol. The highest BCUT2D eigenvalue weighted by molar-refractivity contribution is 5.68. The molecule has 4 rings (SSSR count). The van der Waals surface area contributed by atoms with E-state index in [1.54, 1.807) is 0 Å². The maximum atomic E-state index is 10.1. The molecule has 3 aromatic carbocycles. The van der Waals surface area contributed by atoms with Crippen molar-refractivity contribution >= 4 is 0 Å². The van der Waals surface area contributed by atoms with Crippen LogP contribution in [0.25, 0.3) is 0 Å². The Labute approximate surface area is 217 Å². The van der Waals surface area contributed by atoms with Crippen LogP contribution in [0.3, 0.4) is 0 Å². The fourth-order valence-electron chi connectivity index (χ4n) is 5.43. The van der Waals surface area contributed by atoms with E-state index in [0.717, 1.165) is 62.1 Å². The third kappa shape index (κ3) is 4.53. The summed E-state index contributed by atoms with van der Waals surface area (Å²) >= 11 is 0. The van der Waals surface area contributed by atoms with Crippen LogP contribution in [0.2, 0.25) is 0 Å². The molecule has 0 spiro atoms. The molecular weight excluding hydrogens is 438 g/mol. The van der Waals surface area contributed by atoms with E-state index in [0.29, 0.717) is 11.1 Å². The molecule has 3 aromatic rings. The highest BCUT2D eigenvalue weighted by Crippen LogP contribution is 2.50. The van der Waals surface area contributed by atoms with Gasteiger partial charge in [-0.3, -0.25) is 0 Å². The molecular formula is C33H37N3. The van der Waals surface area contributed by atoms with E-state index < -0.39 is 0 Å². The summed E-state index contributed by atoms with van der Waals surface area (Å²) < 4.78 is 0. The lowest BCUT2D eigenvalue weighted by molar-refractivity contribution is 0.779. The van der Waals surface area contributed by atoms with E-state index in [9.17, 15) is 15.8 Å². The fourth-order valence-corrected chi connectivity index (χ4v) is 5.43. The second-order valence-electron chi connectivity index (χ2n) is 8.68. The Bertz CT molecular complexity index is 1390. The number of nitriles is 3. The predicted molar refractivity (Wildman–Crippen MR) is 148 cm³/mol. The van der Waals surface area contributed by atoms with Gasteiger partial charge in [0, 0.05) is 11.8 Å². The van der Waals surface area contributed by atoms with Gasteiger partial charge < -0.3 is 0 Å². The predicted octanol–water partition coefficient (Wildman–Crippen LogP) is 8.49. The van der Waals surface area contributed by atoms with Gasteiger partial charge in [0.2, 0.25) is 0 Å². The topological polar surface area (TPSA) is 71.4 Å². The van der Waals surface area contributed by atoms with Crippen molar-refractivity contribution in [3.05, 3.63) is 103 Å². The van der Waals surface area contributed by atoms with Gasteiger partial charge in [-0.2, -0.15) is 15.8 Å². The van der Waals surface area contributed by atoms with Gasteiger partial charge in [-0.05, 0) is 77.3 Å². The lowest BCUT2D eigenvalue weighted by Gasteiger charge is -2.36. The lowest BCUT2D eigenvalue weighted by atomic mass is 9.66. The fraction of sp³-hybridized carbons (Fsp3) is 0.364. The Hall–Kier alpha value is -3.87. The second-order valence-corrected chi connectivity index (χ2v) is 8.68.